The number of halogens is 1. The van der Waals surface area contributed by atoms with E-state index in [4.69, 9.17) is 25.8 Å². The van der Waals surface area contributed by atoms with Crippen LogP contribution in [0.1, 0.15) is 19.4 Å². The van der Waals surface area contributed by atoms with Crippen LogP contribution in [0, 0.1) is 0 Å². The molecule has 0 unspecified atom stereocenters. The van der Waals surface area contributed by atoms with Crippen molar-refractivity contribution in [2.24, 2.45) is 0 Å². The summed E-state index contributed by atoms with van der Waals surface area (Å²) in [6.45, 7) is 4.83. The fraction of sp³-hybridized carbons (Fsp3) is 0.381. The number of nitrogens with zero attached hydrogens (tertiary/aromatic N) is 1. The molecule has 1 atom stereocenters. The Kier molecular flexibility index (Phi) is 7.17. The molecule has 0 saturated carbocycles. The van der Waals surface area contributed by atoms with Crippen LogP contribution in [-0.4, -0.2) is 46.4 Å². The molecular formula is C21H25ClN2O6S. The van der Waals surface area contributed by atoms with Crippen molar-refractivity contribution < 1.29 is 27.4 Å². The first-order chi connectivity index (χ1) is 14.7. The van der Waals surface area contributed by atoms with Crippen LogP contribution in [0.3, 0.4) is 0 Å². The van der Waals surface area contributed by atoms with E-state index in [9.17, 15) is 13.2 Å². The summed E-state index contributed by atoms with van der Waals surface area (Å²) in [5.74, 6) is 1.08. The molecule has 0 aromatic heterocycles. The second kappa shape index (κ2) is 9.65. The van der Waals surface area contributed by atoms with E-state index >= 15 is 0 Å². The van der Waals surface area contributed by atoms with Gasteiger partial charge in [0.2, 0.25) is 10.0 Å². The number of hydrogen-bond acceptors (Lipinski definition) is 6. The van der Waals surface area contributed by atoms with Gasteiger partial charge in [-0.05, 0) is 49.7 Å². The summed E-state index contributed by atoms with van der Waals surface area (Å²) in [5, 5.41) is 3.17. The monoisotopic (exact) mass is 468 g/mol. The fourth-order valence-corrected chi connectivity index (χ4v) is 4.26. The van der Waals surface area contributed by atoms with Crippen molar-refractivity contribution in [3.63, 3.8) is 0 Å². The highest BCUT2D eigenvalue weighted by atomic mass is 35.5. The van der Waals surface area contributed by atoms with Gasteiger partial charge in [0.15, 0.2) is 17.6 Å². The summed E-state index contributed by atoms with van der Waals surface area (Å²) < 4.78 is 42.6. The molecule has 0 saturated heterocycles. The van der Waals surface area contributed by atoms with E-state index in [0.29, 0.717) is 35.4 Å². The lowest BCUT2D eigenvalue weighted by Gasteiger charge is -2.34. The van der Waals surface area contributed by atoms with Crippen LogP contribution >= 0.6 is 11.6 Å². The number of rotatable bonds is 8. The highest BCUT2D eigenvalue weighted by Gasteiger charge is 2.35. The minimum absolute atomic E-state index is 0.147. The van der Waals surface area contributed by atoms with E-state index in [0.717, 1.165) is 16.1 Å². The van der Waals surface area contributed by atoms with Gasteiger partial charge in [0, 0.05) is 11.6 Å². The van der Waals surface area contributed by atoms with Crippen molar-refractivity contribution in [3.05, 3.63) is 47.0 Å². The second-order valence-electron chi connectivity index (χ2n) is 6.88. The number of sulfonamides is 1. The van der Waals surface area contributed by atoms with Gasteiger partial charge in [-0.2, -0.15) is 0 Å². The molecule has 1 aliphatic rings. The molecule has 0 radical (unpaired) electrons. The van der Waals surface area contributed by atoms with E-state index in [1.54, 1.807) is 24.3 Å². The summed E-state index contributed by atoms with van der Waals surface area (Å²) in [4.78, 5) is 12.8. The third-order valence-corrected chi connectivity index (χ3v) is 5.94. The SMILES string of the molecule is CCOc1ccc(CNC(=O)[C@@H]2CN(S(C)(=O)=O)c3cc(Cl)ccc3O2)cc1OCC. The summed E-state index contributed by atoms with van der Waals surface area (Å²) in [5.41, 5.74) is 1.12. The number of hydrogen-bond donors (Lipinski definition) is 1. The van der Waals surface area contributed by atoms with Gasteiger partial charge in [-0.3, -0.25) is 9.10 Å². The van der Waals surface area contributed by atoms with Crippen molar-refractivity contribution >= 4 is 33.2 Å². The van der Waals surface area contributed by atoms with Crippen molar-refractivity contribution in [3.8, 4) is 17.2 Å². The lowest BCUT2D eigenvalue weighted by molar-refractivity contribution is -0.127. The zero-order valence-electron chi connectivity index (χ0n) is 17.6. The Morgan fingerprint density at radius 1 is 1.16 bits per heavy atom. The quantitative estimate of drug-likeness (QED) is 0.640. The highest BCUT2D eigenvalue weighted by Crippen LogP contribution is 2.37. The molecule has 2 aromatic carbocycles. The molecule has 0 bridgehead atoms. The van der Waals surface area contributed by atoms with Crippen molar-refractivity contribution in [2.75, 3.05) is 30.3 Å². The Balaban J connectivity index is 1.74. The first-order valence-corrected chi connectivity index (χ1v) is 12.1. The van der Waals surface area contributed by atoms with E-state index in [1.807, 2.05) is 19.9 Å². The third-order valence-electron chi connectivity index (χ3n) is 4.56. The average Bonchev–Trinajstić information content (AvgIpc) is 2.72. The molecule has 0 aliphatic carbocycles. The smallest absolute Gasteiger partial charge is 0.263 e. The largest absolute Gasteiger partial charge is 0.490 e. The molecule has 168 valence electrons. The van der Waals surface area contributed by atoms with Crippen molar-refractivity contribution in [1.82, 2.24) is 5.32 Å². The van der Waals surface area contributed by atoms with Gasteiger partial charge in [0.25, 0.3) is 5.91 Å². The lowest BCUT2D eigenvalue weighted by Crippen LogP contribution is -2.50. The Labute approximate surface area is 187 Å². The number of amides is 1. The van der Waals surface area contributed by atoms with Gasteiger partial charge in [0.05, 0.1) is 31.7 Å². The van der Waals surface area contributed by atoms with E-state index in [-0.39, 0.29) is 18.8 Å². The Hall–Kier alpha value is -2.65. The average molecular weight is 469 g/mol. The van der Waals surface area contributed by atoms with Gasteiger partial charge < -0.3 is 19.5 Å². The van der Waals surface area contributed by atoms with Gasteiger partial charge >= 0.3 is 0 Å². The molecule has 1 heterocycles. The number of nitrogens with one attached hydrogen (secondary N) is 1. The lowest BCUT2D eigenvalue weighted by atomic mass is 10.2. The van der Waals surface area contributed by atoms with Crippen molar-refractivity contribution in [2.45, 2.75) is 26.5 Å². The predicted octanol–water partition coefficient (Wildman–Crippen LogP) is 2.98. The number of anilines is 1. The number of benzene rings is 2. The van der Waals surface area contributed by atoms with E-state index < -0.39 is 22.0 Å². The molecule has 0 fully saturated rings. The van der Waals surface area contributed by atoms with Crippen LogP contribution in [0.5, 0.6) is 17.2 Å². The van der Waals surface area contributed by atoms with Crippen LogP contribution in [0.4, 0.5) is 5.69 Å². The molecule has 2 aromatic rings. The molecule has 10 heteroatoms. The maximum Gasteiger partial charge on any atom is 0.263 e. The number of carbonyl (C=O) groups is 1. The minimum Gasteiger partial charge on any atom is -0.490 e. The number of carbonyl (C=O) groups excluding carboxylic acids is 1. The topological polar surface area (TPSA) is 94.2 Å². The predicted molar refractivity (Wildman–Crippen MR) is 119 cm³/mol. The normalized spacial score (nSPS) is 15.6. The maximum absolute atomic E-state index is 12.8. The van der Waals surface area contributed by atoms with Crippen LogP contribution in [0.15, 0.2) is 36.4 Å². The Morgan fingerprint density at radius 3 is 2.55 bits per heavy atom. The van der Waals surface area contributed by atoms with Crippen LogP contribution < -0.4 is 23.8 Å². The number of fused-ring (bicyclic) bond motifs is 1. The fourth-order valence-electron chi connectivity index (χ4n) is 3.18. The first-order valence-electron chi connectivity index (χ1n) is 9.83. The Bertz CT molecular complexity index is 1060. The van der Waals surface area contributed by atoms with Gasteiger partial charge in [-0.1, -0.05) is 17.7 Å². The zero-order valence-corrected chi connectivity index (χ0v) is 19.1. The molecule has 31 heavy (non-hydrogen) atoms. The number of ether oxygens (including phenoxy) is 3. The third kappa shape index (κ3) is 5.54. The van der Waals surface area contributed by atoms with E-state index in [2.05, 4.69) is 5.32 Å². The molecule has 1 aliphatic heterocycles. The van der Waals surface area contributed by atoms with Gasteiger partial charge in [-0.15, -0.1) is 0 Å². The van der Waals surface area contributed by atoms with Gasteiger partial charge in [0.1, 0.15) is 5.75 Å². The standard InChI is InChI=1S/C21H25ClN2O6S/c1-4-28-18-8-6-14(10-19(18)29-5-2)12-23-21(25)20-13-24(31(3,26)27)16-11-15(22)7-9-17(16)30-20/h6-11,20H,4-5,12-13H2,1-3H3,(H,23,25)/t20-/m0/s1. The molecule has 3 rings (SSSR count). The summed E-state index contributed by atoms with van der Waals surface area (Å²) in [7, 11) is -3.63. The summed E-state index contributed by atoms with van der Waals surface area (Å²) in [6, 6.07) is 10.1. The molecular weight excluding hydrogens is 444 g/mol. The zero-order chi connectivity index (χ0) is 22.6. The molecule has 0 spiro atoms. The molecule has 8 nitrogen and oxygen atoms in total. The van der Waals surface area contributed by atoms with Crippen LogP contribution in [0.25, 0.3) is 0 Å². The maximum atomic E-state index is 12.8. The summed E-state index contributed by atoms with van der Waals surface area (Å²) >= 11 is 6.00. The molecule has 1 N–H and O–H groups in total. The van der Waals surface area contributed by atoms with Crippen LogP contribution in [-0.2, 0) is 21.4 Å². The highest BCUT2D eigenvalue weighted by molar-refractivity contribution is 7.92. The minimum atomic E-state index is -3.63. The first kappa shape index (κ1) is 23.0. The Morgan fingerprint density at radius 2 is 1.87 bits per heavy atom. The molecule has 1 amide bonds. The second-order valence-corrected chi connectivity index (χ2v) is 9.22. The summed E-state index contributed by atoms with van der Waals surface area (Å²) in [6.07, 6.45) is 0.0742. The van der Waals surface area contributed by atoms with Gasteiger partial charge in [-0.25, -0.2) is 8.42 Å². The van der Waals surface area contributed by atoms with E-state index in [1.165, 1.54) is 6.07 Å². The van der Waals surface area contributed by atoms with Crippen molar-refractivity contribution in [1.29, 1.82) is 0 Å². The van der Waals surface area contributed by atoms with Crippen LogP contribution in [0.2, 0.25) is 5.02 Å².